The Morgan fingerprint density at radius 1 is 1.53 bits per heavy atom. The van der Waals surface area contributed by atoms with E-state index in [9.17, 15) is 13.6 Å². The molecule has 0 saturated heterocycles. The Labute approximate surface area is 89.2 Å². The number of halogens is 3. The Balaban J connectivity index is 2.96. The standard InChI is InChI=1S/C9H7ClF2O3/c10-5-2-1-3-6(8(5)9(13)14)15-4-7(11)12/h1-3,7H,4H2,(H,13,14). The van der Waals surface area contributed by atoms with Crippen molar-refractivity contribution in [2.24, 2.45) is 0 Å². The van der Waals surface area contributed by atoms with Gasteiger partial charge in [0.25, 0.3) is 6.43 Å². The molecular weight excluding hydrogens is 230 g/mol. The average Bonchev–Trinajstić information content (AvgIpc) is 2.13. The topological polar surface area (TPSA) is 46.5 Å². The second-order valence-electron chi connectivity index (χ2n) is 2.62. The molecular formula is C9H7ClF2O3. The highest BCUT2D eigenvalue weighted by Gasteiger charge is 2.16. The van der Waals surface area contributed by atoms with Crippen LogP contribution in [-0.4, -0.2) is 24.1 Å². The lowest BCUT2D eigenvalue weighted by molar-refractivity contribution is 0.0664. The van der Waals surface area contributed by atoms with Crippen LogP contribution in [0.25, 0.3) is 0 Å². The maximum Gasteiger partial charge on any atom is 0.341 e. The molecule has 0 atom stereocenters. The molecule has 1 N–H and O–H groups in total. The second kappa shape index (κ2) is 4.93. The molecule has 0 aromatic heterocycles. The van der Waals surface area contributed by atoms with Gasteiger partial charge in [0, 0.05) is 0 Å². The van der Waals surface area contributed by atoms with E-state index >= 15 is 0 Å². The van der Waals surface area contributed by atoms with E-state index in [1.54, 1.807) is 0 Å². The van der Waals surface area contributed by atoms with E-state index in [0.29, 0.717) is 0 Å². The third kappa shape index (κ3) is 3.06. The van der Waals surface area contributed by atoms with E-state index in [1.807, 2.05) is 0 Å². The number of carbonyl (C=O) groups is 1. The largest absolute Gasteiger partial charge is 0.487 e. The molecule has 1 aromatic rings. The Kier molecular flexibility index (Phi) is 3.85. The molecule has 0 aliphatic carbocycles. The minimum atomic E-state index is -2.66. The molecule has 1 rings (SSSR count). The van der Waals surface area contributed by atoms with E-state index < -0.39 is 19.0 Å². The van der Waals surface area contributed by atoms with Crippen molar-refractivity contribution in [3.63, 3.8) is 0 Å². The second-order valence-corrected chi connectivity index (χ2v) is 3.03. The van der Waals surface area contributed by atoms with Crippen LogP contribution in [0.4, 0.5) is 8.78 Å². The fraction of sp³-hybridized carbons (Fsp3) is 0.222. The van der Waals surface area contributed by atoms with Crippen molar-refractivity contribution in [2.75, 3.05) is 6.61 Å². The van der Waals surface area contributed by atoms with Crippen LogP contribution in [0, 0.1) is 0 Å². The lowest BCUT2D eigenvalue weighted by Crippen LogP contribution is -2.10. The van der Waals surface area contributed by atoms with Crippen LogP contribution < -0.4 is 4.74 Å². The van der Waals surface area contributed by atoms with E-state index in [0.717, 1.165) is 0 Å². The maximum absolute atomic E-state index is 11.8. The Morgan fingerprint density at radius 2 is 2.20 bits per heavy atom. The summed E-state index contributed by atoms with van der Waals surface area (Å²) in [6.07, 6.45) is -2.66. The van der Waals surface area contributed by atoms with Crippen LogP contribution in [0.1, 0.15) is 10.4 Å². The van der Waals surface area contributed by atoms with Crippen LogP contribution >= 0.6 is 11.6 Å². The zero-order valence-electron chi connectivity index (χ0n) is 7.41. The third-order valence-electron chi connectivity index (χ3n) is 1.55. The summed E-state index contributed by atoms with van der Waals surface area (Å²) in [5.41, 5.74) is -0.306. The number of ether oxygens (including phenoxy) is 1. The summed E-state index contributed by atoms with van der Waals surface area (Å²) in [7, 11) is 0. The lowest BCUT2D eigenvalue weighted by atomic mass is 10.2. The van der Waals surface area contributed by atoms with Crippen LogP contribution in [-0.2, 0) is 0 Å². The molecule has 0 aliphatic heterocycles. The van der Waals surface area contributed by atoms with Gasteiger partial charge in [-0.3, -0.25) is 0 Å². The first-order chi connectivity index (χ1) is 7.02. The van der Waals surface area contributed by atoms with Crippen molar-refractivity contribution < 1.29 is 23.4 Å². The molecule has 0 spiro atoms. The highest BCUT2D eigenvalue weighted by molar-refractivity contribution is 6.33. The number of hydrogen-bond donors (Lipinski definition) is 1. The highest BCUT2D eigenvalue weighted by atomic mass is 35.5. The van der Waals surface area contributed by atoms with Crippen molar-refractivity contribution in [2.45, 2.75) is 6.43 Å². The fourth-order valence-electron chi connectivity index (χ4n) is 0.985. The summed E-state index contributed by atoms with van der Waals surface area (Å²) >= 11 is 5.59. The summed E-state index contributed by atoms with van der Waals surface area (Å²) in [5.74, 6) is -1.47. The van der Waals surface area contributed by atoms with Gasteiger partial charge in [-0.1, -0.05) is 17.7 Å². The van der Waals surface area contributed by atoms with Gasteiger partial charge in [0.2, 0.25) is 0 Å². The highest BCUT2D eigenvalue weighted by Crippen LogP contribution is 2.26. The van der Waals surface area contributed by atoms with Gasteiger partial charge in [0.1, 0.15) is 17.9 Å². The number of benzene rings is 1. The van der Waals surface area contributed by atoms with Gasteiger partial charge in [-0.05, 0) is 12.1 Å². The predicted octanol–water partition coefficient (Wildman–Crippen LogP) is 2.68. The fourth-order valence-corrected chi connectivity index (χ4v) is 1.23. The van der Waals surface area contributed by atoms with Crippen molar-refractivity contribution in [1.82, 2.24) is 0 Å². The zero-order chi connectivity index (χ0) is 11.4. The predicted molar refractivity (Wildman–Crippen MR) is 49.9 cm³/mol. The number of rotatable bonds is 4. The third-order valence-corrected chi connectivity index (χ3v) is 1.87. The summed E-state index contributed by atoms with van der Waals surface area (Å²) in [5, 5.41) is 8.71. The van der Waals surface area contributed by atoms with Gasteiger partial charge in [-0.25, -0.2) is 13.6 Å². The molecule has 0 saturated carbocycles. The average molecular weight is 237 g/mol. The van der Waals surface area contributed by atoms with Gasteiger partial charge in [0.15, 0.2) is 0 Å². The first-order valence-electron chi connectivity index (χ1n) is 3.95. The van der Waals surface area contributed by atoms with Gasteiger partial charge < -0.3 is 9.84 Å². The van der Waals surface area contributed by atoms with Gasteiger partial charge in [0.05, 0.1) is 5.02 Å². The number of hydrogen-bond acceptors (Lipinski definition) is 2. The Hall–Kier alpha value is -1.36. The SMILES string of the molecule is O=C(O)c1c(Cl)cccc1OCC(F)F. The summed E-state index contributed by atoms with van der Waals surface area (Å²) in [6, 6.07) is 4.05. The summed E-state index contributed by atoms with van der Waals surface area (Å²) < 4.78 is 28.3. The van der Waals surface area contributed by atoms with Crippen molar-refractivity contribution in [3.8, 4) is 5.75 Å². The Bertz CT molecular complexity index is 368. The van der Waals surface area contributed by atoms with Gasteiger partial charge >= 0.3 is 5.97 Å². The molecule has 0 bridgehead atoms. The summed E-state index contributed by atoms with van der Waals surface area (Å²) in [6.45, 7) is -0.860. The molecule has 0 unspecified atom stereocenters. The molecule has 0 radical (unpaired) electrons. The number of alkyl halides is 2. The van der Waals surface area contributed by atoms with Crippen LogP contribution in [0.3, 0.4) is 0 Å². The number of aromatic carboxylic acids is 1. The molecule has 6 heteroatoms. The summed E-state index contributed by atoms with van der Waals surface area (Å²) in [4.78, 5) is 10.7. The van der Waals surface area contributed by atoms with Crippen molar-refractivity contribution >= 4 is 17.6 Å². The molecule has 82 valence electrons. The molecule has 0 heterocycles. The van der Waals surface area contributed by atoms with Gasteiger partial charge in [-0.15, -0.1) is 0 Å². The molecule has 0 fully saturated rings. The van der Waals surface area contributed by atoms with Crippen LogP contribution in [0.2, 0.25) is 5.02 Å². The lowest BCUT2D eigenvalue weighted by Gasteiger charge is -2.09. The number of carboxylic acid groups (broad SMARTS) is 1. The van der Waals surface area contributed by atoms with Gasteiger partial charge in [-0.2, -0.15) is 0 Å². The van der Waals surface area contributed by atoms with E-state index in [4.69, 9.17) is 16.7 Å². The molecule has 1 aromatic carbocycles. The van der Waals surface area contributed by atoms with Crippen molar-refractivity contribution in [1.29, 1.82) is 0 Å². The first kappa shape index (κ1) is 11.7. The molecule has 3 nitrogen and oxygen atoms in total. The maximum atomic E-state index is 11.8. The van der Waals surface area contributed by atoms with Crippen molar-refractivity contribution in [3.05, 3.63) is 28.8 Å². The van der Waals surface area contributed by atoms with E-state index in [1.165, 1.54) is 18.2 Å². The van der Waals surface area contributed by atoms with Crippen LogP contribution in [0.15, 0.2) is 18.2 Å². The quantitative estimate of drug-likeness (QED) is 0.874. The minimum Gasteiger partial charge on any atom is -0.487 e. The zero-order valence-corrected chi connectivity index (χ0v) is 8.17. The first-order valence-corrected chi connectivity index (χ1v) is 4.33. The molecule has 0 aliphatic rings. The minimum absolute atomic E-state index is 0.0470. The molecule has 15 heavy (non-hydrogen) atoms. The normalized spacial score (nSPS) is 10.4. The van der Waals surface area contributed by atoms with E-state index in [-0.39, 0.29) is 16.3 Å². The molecule has 0 amide bonds. The van der Waals surface area contributed by atoms with Crippen LogP contribution in [0.5, 0.6) is 5.75 Å². The number of carboxylic acids is 1. The Morgan fingerprint density at radius 3 is 2.73 bits per heavy atom. The monoisotopic (exact) mass is 236 g/mol. The smallest absolute Gasteiger partial charge is 0.341 e. The van der Waals surface area contributed by atoms with E-state index in [2.05, 4.69) is 4.74 Å².